The van der Waals surface area contributed by atoms with Crippen LogP contribution in [0.1, 0.15) is 17.5 Å². The van der Waals surface area contributed by atoms with Crippen molar-refractivity contribution in [1.82, 2.24) is 8.75 Å². The lowest BCUT2D eigenvalue weighted by Gasteiger charge is -2.08. The predicted molar refractivity (Wildman–Crippen MR) is 98.6 cm³/mol. The average molecular weight is 375 g/mol. The van der Waals surface area contributed by atoms with Gasteiger partial charge in [-0.25, -0.2) is 8.42 Å². The van der Waals surface area contributed by atoms with Crippen LogP contribution in [0, 0.1) is 13.8 Å². The van der Waals surface area contributed by atoms with Gasteiger partial charge in [0.25, 0.3) is 0 Å². The van der Waals surface area contributed by atoms with E-state index >= 15 is 0 Å². The average Bonchev–Trinajstić information content (AvgIpc) is 3.05. The molecule has 1 N–H and O–H groups in total. The number of nitrogens with zero attached hydrogens (tertiary/aromatic N) is 2. The molecule has 2 aromatic carbocycles. The minimum Gasteiger partial charge on any atom is -0.326 e. The molecular weight excluding hydrogens is 358 g/mol. The van der Waals surface area contributed by atoms with Gasteiger partial charge in [-0.3, -0.25) is 4.79 Å². The van der Waals surface area contributed by atoms with Crippen LogP contribution in [-0.4, -0.2) is 28.8 Å². The summed E-state index contributed by atoms with van der Waals surface area (Å²) in [5.41, 5.74) is 3.77. The maximum Gasteiger partial charge on any atom is 0.225 e. The van der Waals surface area contributed by atoms with Gasteiger partial charge in [-0.05, 0) is 49.2 Å². The number of carbonyl (C=O) groups excluding carboxylic acids is 1. The fraction of sp³-hybridized carbons (Fsp3) is 0.235. The first-order valence-electron chi connectivity index (χ1n) is 7.68. The first-order valence-corrected chi connectivity index (χ1v) is 10.1. The molecule has 25 heavy (non-hydrogen) atoms. The minimum absolute atomic E-state index is 0.122. The number of benzene rings is 2. The summed E-state index contributed by atoms with van der Waals surface area (Å²) in [6.45, 7) is 3.94. The van der Waals surface area contributed by atoms with Gasteiger partial charge in [-0.2, -0.15) is 8.75 Å². The Balaban J connectivity index is 1.70. The molecule has 0 fully saturated rings. The molecule has 3 aromatic rings. The van der Waals surface area contributed by atoms with E-state index in [-0.39, 0.29) is 23.0 Å². The van der Waals surface area contributed by atoms with Crippen molar-refractivity contribution in [1.29, 1.82) is 0 Å². The summed E-state index contributed by atoms with van der Waals surface area (Å²) in [5, 5.41) is 2.74. The zero-order valence-corrected chi connectivity index (χ0v) is 15.4. The van der Waals surface area contributed by atoms with Crippen LogP contribution in [-0.2, 0) is 14.6 Å². The Morgan fingerprint density at radius 1 is 1.12 bits per heavy atom. The lowest BCUT2D eigenvalue weighted by atomic mass is 10.1. The smallest absolute Gasteiger partial charge is 0.225 e. The van der Waals surface area contributed by atoms with Gasteiger partial charge in [0.15, 0.2) is 9.84 Å². The molecule has 0 bridgehead atoms. The molecule has 130 valence electrons. The normalized spacial score (nSPS) is 11.6. The third-order valence-electron chi connectivity index (χ3n) is 3.97. The van der Waals surface area contributed by atoms with Gasteiger partial charge in [0.1, 0.15) is 11.0 Å². The van der Waals surface area contributed by atoms with Crippen LogP contribution in [0.2, 0.25) is 0 Å². The molecule has 1 aromatic heterocycles. The Hall–Kier alpha value is -2.32. The molecule has 0 radical (unpaired) electrons. The zero-order valence-electron chi connectivity index (χ0n) is 13.8. The number of aryl methyl sites for hydroxylation is 2. The number of anilines is 1. The molecular formula is C17H17N3O3S2. The molecule has 0 unspecified atom stereocenters. The fourth-order valence-electron chi connectivity index (χ4n) is 2.41. The molecule has 0 aliphatic heterocycles. The highest BCUT2D eigenvalue weighted by atomic mass is 32.2. The van der Waals surface area contributed by atoms with E-state index in [1.54, 1.807) is 18.2 Å². The van der Waals surface area contributed by atoms with E-state index in [1.807, 2.05) is 26.0 Å². The van der Waals surface area contributed by atoms with Crippen LogP contribution in [0.25, 0.3) is 11.0 Å². The van der Waals surface area contributed by atoms with Crippen LogP contribution in [0.5, 0.6) is 0 Å². The van der Waals surface area contributed by atoms with Gasteiger partial charge in [0.2, 0.25) is 5.91 Å². The molecule has 1 heterocycles. The summed E-state index contributed by atoms with van der Waals surface area (Å²) in [7, 11) is -3.62. The Labute approximate surface area is 150 Å². The molecule has 1 amide bonds. The fourth-order valence-corrected chi connectivity index (χ4v) is 4.42. The second kappa shape index (κ2) is 6.89. The van der Waals surface area contributed by atoms with E-state index in [4.69, 9.17) is 0 Å². The van der Waals surface area contributed by atoms with Gasteiger partial charge in [0.05, 0.1) is 22.4 Å². The molecule has 0 saturated carbocycles. The number of carbonyl (C=O) groups is 1. The maximum absolute atomic E-state index is 12.6. The van der Waals surface area contributed by atoms with E-state index < -0.39 is 9.84 Å². The van der Waals surface area contributed by atoms with Crippen molar-refractivity contribution in [3.8, 4) is 0 Å². The third-order valence-corrected chi connectivity index (χ3v) is 6.26. The van der Waals surface area contributed by atoms with Crippen molar-refractivity contribution >= 4 is 44.2 Å². The number of amides is 1. The Bertz CT molecular complexity index is 1040. The van der Waals surface area contributed by atoms with Crippen molar-refractivity contribution in [2.75, 3.05) is 11.1 Å². The summed E-state index contributed by atoms with van der Waals surface area (Å²) in [5.74, 6) is -0.615. The highest BCUT2D eigenvalue weighted by molar-refractivity contribution is 7.91. The summed E-state index contributed by atoms with van der Waals surface area (Å²) >= 11 is 0.968. The molecule has 3 rings (SSSR count). The number of rotatable bonds is 5. The first-order chi connectivity index (χ1) is 11.9. The van der Waals surface area contributed by atoms with Crippen molar-refractivity contribution in [3.05, 3.63) is 47.5 Å². The first kappa shape index (κ1) is 17.5. The van der Waals surface area contributed by atoms with Crippen LogP contribution in [0.3, 0.4) is 0 Å². The van der Waals surface area contributed by atoms with E-state index in [2.05, 4.69) is 14.1 Å². The predicted octanol–water partition coefficient (Wildman–Crippen LogP) is 3.11. The topological polar surface area (TPSA) is 89.0 Å². The number of hydrogen-bond donors (Lipinski definition) is 1. The molecule has 8 heteroatoms. The van der Waals surface area contributed by atoms with Gasteiger partial charge >= 0.3 is 0 Å². The molecule has 0 aliphatic rings. The number of sulfone groups is 1. The molecule has 0 saturated heterocycles. The minimum atomic E-state index is -3.62. The van der Waals surface area contributed by atoms with E-state index in [0.717, 1.165) is 22.9 Å². The van der Waals surface area contributed by atoms with Crippen LogP contribution in [0.15, 0.2) is 41.3 Å². The molecule has 0 spiro atoms. The van der Waals surface area contributed by atoms with Gasteiger partial charge in [-0.15, -0.1) is 0 Å². The van der Waals surface area contributed by atoms with Gasteiger partial charge < -0.3 is 5.32 Å². The summed E-state index contributed by atoms with van der Waals surface area (Å²) in [4.78, 5) is 12.2. The van der Waals surface area contributed by atoms with Gasteiger partial charge in [-0.1, -0.05) is 12.1 Å². The Kier molecular flexibility index (Phi) is 4.82. The lowest BCUT2D eigenvalue weighted by molar-refractivity contribution is -0.115. The van der Waals surface area contributed by atoms with E-state index in [0.29, 0.717) is 16.7 Å². The molecule has 0 aliphatic carbocycles. The van der Waals surface area contributed by atoms with Crippen LogP contribution >= 0.6 is 11.7 Å². The monoisotopic (exact) mass is 375 g/mol. The highest BCUT2D eigenvalue weighted by Crippen LogP contribution is 2.23. The second-order valence-corrected chi connectivity index (χ2v) is 8.41. The standard InChI is InChI=1S/C17H17N3O3S2/c1-11-6-7-13(10-12(11)2)18-16(21)8-9-25(22,23)15-5-3-4-14-17(15)20-24-19-14/h3-7,10H,8-9H2,1-2H3,(H,18,21). The van der Waals surface area contributed by atoms with Crippen LogP contribution in [0.4, 0.5) is 5.69 Å². The summed E-state index contributed by atoms with van der Waals surface area (Å²) < 4.78 is 33.2. The number of hydrogen-bond acceptors (Lipinski definition) is 6. The molecule has 6 nitrogen and oxygen atoms in total. The third kappa shape index (κ3) is 3.85. The van der Waals surface area contributed by atoms with Crippen molar-refractivity contribution in [3.63, 3.8) is 0 Å². The highest BCUT2D eigenvalue weighted by Gasteiger charge is 2.21. The zero-order chi connectivity index (χ0) is 18.0. The maximum atomic E-state index is 12.6. The van der Waals surface area contributed by atoms with Crippen LogP contribution < -0.4 is 5.32 Å². The Morgan fingerprint density at radius 3 is 2.68 bits per heavy atom. The SMILES string of the molecule is Cc1ccc(NC(=O)CCS(=O)(=O)c2cccc3nsnc23)cc1C. The second-order valence-electron chi connectivity index (χ2n) is 5.80. The number of aromatic nitrogens is 2. The lowest BCUT2D eigenvalue weighted by Crippen LogP contribution is -2.17. The van der Waals surface area contributed by atoms with Gasteiger partial charge in [0, 0.05) is 12.1 Å². The summed E-state index contributed by atoms with van der Waals surface area (Å²) in [6, 6.07) is 10.4. The summed E-state index contributed by atoms with van der Waals surface area (Å²) in [6.07, 6.45) is -0.122. The largest absolute Gasteiger partial charge is 0.326 e. The Morgan fingerprint density at radius 2 is 1.92 bits per heavy atom. The number of nitrogens with one attached hydrogen (secondary N) is 1. The van der Waals surface area contributed by atoms with E-state index in [9.17, 15) is 13.2 Å². The van der Waals surface area contributed by atoms with E-state index in [1.165, 1.54) is 6.07 Å². The quantitative estimate of drug-likeness (QED) is 0.740. The molecule has 0 atom stereocenters. The van der Waals surface area contributed by atoms with Crippen molar-refractivity contribution < 1.29 is 13.2 Å². The number of fused-ring (bicyclic) bond motifs is 1. The van der Waals surface area contributed by atoms with Crippen molar-refractivity contribution in [2.45, 2.75) is 25.2 Å². The van der Waals surface area contributed by atoms with Crippen molar-refractivity contribution in [2.24, 2.45) is 0 Å².